The number of amides is 1. The van der Waals surface area contributed by atoms with Crippen molar-refractivity contribution in [2.75, 3.05) is 37.0 Å². The number of aryl methyl sites for hydroxylation is 2. The summed E-state index contributed by atoms with van der Waals surface area (Å²) in [5.74, 6) is -0.110. The Morgan fingerprint density at radius 2 is 1.23 bits per heavy atom. The van der Waals surface area contributed by atoms with Crippen molar-refractivity contribution in [3.8, 4) is 0 Å². The Labute approximate surface area is 232 Å². The largest absolute Gasteiger partial charge is 0.338 e. The molecule has 0 atom stereocenters. The zero-order valence-corrected chi connectivity index (χ0v) is 24.4. The lowest BCUT2D eigenvalue weighted by Gasteiger charge is -2.35. The summed E-state index contributed by atoms with van der Waals surface area (Å²) in [5, 5.41) is 0. The Balaban J connectivity index is 1.54. The van der Waals surface area contributed by atoms with Gasteiger partial charge in [0.15, 0.2) is 0 Å². The highest BCUT2D eigenvalue weighted by Crippen LogP contribution is 2.27. The van der Waals surface area contributed by atoms with Gasteiger partial charge in [0.1, 0.15) is 6.54 Å². The maximum Gasteiger partial charge on any atom is 0.264 e. The monoisotopic (exact) mass is 569 g/mol. The predicted octanol–water partition coefficient (Wildman–Crippen LogP) is 4.16. The number of anilines is 1. The maximum absolute atomic E-state index is 13.7. The van der Waals surface area contributed by atoms with Crippen molar-refractivity contribution in [1.82, 2.24) is 9.21 Å². The lowest BCUT2D eigenvalue weighted by atomic mass is 10.0. The summed E-state index contributed by atoms with van der Waals surface area (Å²) < 4.78 is 56.1. The van der Waals surface area contributed by atoms with E-state index in [0.29, 0.717) is 5.69 Å². The van der Waals surface area contributed by atoms with Gasteiger partial charge < -0.3 is 4.90 Å². The Morgan fingerprint density at radius 1 is 0.744 bits per heavy atom. The summed E-state index contributed by atoms with van der Waals surface area (Å²) in [6, 6.07) is 20.4. The fourth-order valence-corrected chi connectivity index (χ4v) is 7.27. The first kappa shape index (κ1) is 28.8. The summed E-state index contributed by atoms with van der Waals surface area (Å²) in [4.78, 5) is 15.2. The Bertz CT molecular complexity index is 1510. The number of hydrogen-bond donors (Lipinski definition) is 0. The van der Waals surface area contributed by atoms with Gasteiger partial charge in [-0.2, -0.15) is 4.31 Å². The topological polar surface area (TPSA) is 95.1 Å². The number of carbonyl (C=O) groups excluding carboxylic acids is 1. The van der Waals surface area contributed by atoms with Crippen LogP contribution in [0.15, 0.2) is 82.6 Å². The van der Waals surface area contributed by atoms with Crippen LogP contribution in [0, 0.1) is 13.8 Å². The predicted molar refractivity (Wildman–Crippen MR) is 153 cm³/mol. The standard InChI is InChI=1S/C29H35N3O5S2/c1-22(2)25-9-11-26(12-10-25)32(39(36,37)28-15-7-24(4)8-16-28)21-29(33)30-17-19-31(20-18-30)38(34,35)27-13-5-23(3)6-14-27/h5-16,22H,17-21H2,1-4H3. The third-order valence-corrected chi connectivity index (χ3v) is 10.7. The van der Waals surface area contributed by atoms with E-state index in [4.69, 9.17) is 0 Å². The molecule has 1 amide bonds. The molecule has 1 saturated heterocycles. The van der Waals surface area contributed by atoms with Crippen LogP contribution >= 0.6 is 0 Å². The number of carbonyl (C=O) groups is 1. The second-order valence-corrected chi connectivity index (χ2v) is 14.0. The number of rotatable bonds is 8. The molecule has 0 bridgehead atoms. The van der Waals surface area contributed by atoms with E-state index < -0.39 is 20.0 Å². The van der Waals surface area contributed by atoms with Crippen molar-refractivity contribution in [3.05, 3.63) is 89.5 Å². The third kappa shape index (κ3) is 6.34. The summed E-state index contributed by atoms with van der Waals surface area (Å²) >= 11 is 0. The van der Waals surface area contributed by atoms with Crippen molar-refractivity contribution >= 4 is 31.6 Å². The van der Waals surface area contributed by atoms with E-state index in [2.05, 4.69) is 13.8 Å². The van der Waals surface area contributed by atoms with Gasteiger partial charge in [-0.05, 0) is 61.7 Å². The first-order valence-corrected chi connectivity index (χ1v) is 15.8. The molecule has 3 aromatic carbocycles. The van der Waals surface area contributed by atoms with Crippen molar-refractivity contribution in [1.29, 1.82) is 0 Å². The van der Waals surface area contributed by atoms with Crippen LogP contribution < -0.4 is 4.31 Å². The van der Waals surface area contributed by atoms with Gasteiger partial charge in [-0.15, -0.1) is 0 Å². The molecule has 3 aromatic rings. The smallest absolute Gasteiger partial charge is 0.264 e. The summed E-state index contributed by atoms with van der Waals surface area (Å²) in [7, 11) is -7.71. The lowest BCUT2D eigenvalue weighted by molar-refractivity contribution is -0.130. The minimum absolute atomic E-state index is 0.0999. The molecular weight excluding hydrogens is 534 g/mol. The number of piperazine rings is 1. The number of benzene rings is 3. The minimum atomic E-state index is -4.03. The fraction of sp³-hybridized carbons (Fsp3) is 0.345. The van der Waals surface area contributed by atoms with Crippen LogP contribution in [0.2, 0.25) is 0 Å². The summed E-state index contributed by atoms with van der Waals surface area (Å²) in [6.07, 6.45) is 0. The van der Waals surface area contributed by atoms with Crippen LogP contribution in [0.25, 0.3) is 0 Å². The Hall–Kier alpha value is -3.21. The molecule has 4 rings (SSSR count). The second-order valence-electron chi connectivity index (χ2n) is 10.2. The molecule has 0 radical (unpaired) electrons. The SMILES string of the molecule is Cc1ccc(S(=O)(=O)N2CCN(C(=O)CN(c3ccc(C(C)C)cc3)S(=O)(=O)c3ccc(C)cc3)CC2)cc1. The molecular formula is C29H35N3O5S2. The van der Waals surface area contributed by atoms with Crippen molar-refractivity contribution in [2.45, 2.75) is 43.4 Å². The normalized spacial score (nSPS) is 14.9. The molecule has 208 valence electrons. The van der Waals surface area contributed by atoms with Crippen molar-refractivity contribution in [3.63, 3.8) is 0 Å². The number of sulfonamides is 2. The van der Waals surface area contributed by atoms with Gasteiger partial charge in [0.25, 0.3) is 10.0 Å². The minimum Gasteiger partial charge on any atom is -0.338 e. The fourth-order valence-electron chi connectivity index (χ4n) is 4.44. The molecule has 1 aliphatic rings. The highest BCUT2D eigenvalue weighted by Gasteiger charge is 2.33. The summed E-state index contributed by atoms with van der Waals surface area (Å²) in [5.41, 5.74) is 3.35. The maximum atomic E-state index is 13.7. The van der Waals surface area contributed by atoms with Gasteiger partial charge in [0.2, 0.25) is 15.9 Å². The molecule has 0 unspecified atom stereocenters. The van der Waals surface area contributed by atoms with E-state index >= 15 is 0 Å². The molecule has 39 heavy (non-hydrogen) atoms. The van der Waals surface area contributed by atoms with Gasteiger partial charge in [-0.25, -0.2) is 16.8 Å². The lowest BCUT2D eigenvalue weighted by Crippen LogP contribution is -2.53. The van der Waals surface area contributed by atoms with Crippen LogP contribution in [-0.4, -0.2) is 64.7 Å². The van der Waals surface area contributed by atoms with E-state index in [1.54, 1.807) is 60.7 Å². The molecule has 0 saturated carbocycles. The zero-order chi connectivity index (χ0) is 28.4. The number of hydrogen-bond acceptors (Lipinski definition) is 5. The highest BCUT2D eigenvalue weighted by atomic mass is 32.2. The molecule has 0 aromatic heterocycles. The Kier molecular flexibility index (Phi) is 8.48. The zero-order valence-electron chi connectivity index (χ0n) is 22.7. The van der Waals surface area contributed by atoms with Gasteiger partial charge in [0.05, 0.1) is 15.5 Å². The van der Waals surface area contributed by atoms with Crippen LogP contribution in [0.5, 0.6) is 0 Å². The van der Waals surface area contributed by atoms with Crippen molar-refractivity contribution in [2.24, 2.45) is 0 Å². The molecule has 10 heteroatoms. The van der Waals surface area contributed by atoms with Crippen molar-refractivity contribution < 1.29 is 21.6 Å². The Morgan fingerprint density at radius 3 is 1.72 bits per heavy atom. The molecule has 0 aliphatic carbocycles. The first-order chi connectivity index (χ1) is 18.4. The van der Waals surface area contributed by atoms with E-state index in [9.17, 15) is 21.6 Å². The third-order valence-electron chi connectivity index (χ3n) is 6.99. The van der Waals surface area contributed by atoms with E-state index in [-0.39, 0.29) is 54.3 Å². The van der Waals surface area contributed by atoms with Gasteiger partial charge in [0, 0.05) is 26.2 Å². The molecule has 0 spiro atoms. The average molecular weight is 570 g/mol. The van der Waals surface area contributed by atoms with Crippen LogP contribution in [0.4, 0.5) is 5.69 Å². The quantitative estimate of drug-likeness (QED) is 0.406. The summed E-state index contributed by atoms with van der Waals surface area (Å²) in [6.45, 7) is 8.11. The molecule has 1 aliphatic heterocycles. The second kappa shape index (κ2) is 11.5. The van der Waals surface area contributed by atoms with E-state index in [1.807, 2.05) is 26.0 Å². The van der Waals surface area contributed by atoms with Crippen LogP contribution in [0.3, 0.4) is 0 Å². The molecule has 1 fully saturated rings. The van der Waals surface area contributed by atoms with E-state index in [1.165, 1.54) is 9.21 Å². The first-order valence-electron chi connectivity index (χ1n) is 12.9. The average Bonchev–Trinajstić information content (AvgIpc) is 2.92. The molecule has 8 nitrogen and oxygen atoms in total. The van der Waals surface area contributed by atoms with Crippen LogP contribution in [-0.2, 0) is 24.8 Å². The van der Waals surface area contributed by atoms with Crippen LogP contribution in [0.1, 0.15) is 36.5 Å². The van der Waals surface area contributed by atoms with E-state index in [0.717, 1.165) is 21.0 Å². The van der Waals surface area contributed by atoms with Gasteiger partial charge >= 0.3 is 0 Å². The number of nitrogens with zero attached hydrogens (tertiary/aromatic N) is 3. The van der Waals surface area contributed by atoms with Gasteiger partial charge in [-0.3, -0.25) is 9.10 Å². The van der Waals surface area contributed by atoms with Gasteiger partial charge in [-0.1, -0.05) is 61.4 Å². The molecule has 0 N–H and O–H groups in total. The highest BCUT2D eigenvalue weighted by molar-refractivity contribution is 7.92. The molecule has 1 heterocycles.